The van der Waals surface area contributed by atoms with Crippen molar-refractivity contribution in [3.05, 3.63) is 0 Å². The third-order valence-corrected chi connectivity index (χ3v) is 3.42. The minimum absolute atomic E-state index is 0. The molecule has 0 fully saturated rings. The Morgan fingerprint density at radius 1 is 1.06 bits per heavy atom. The Morgan fingerprint density at radius 2 is 1.50 bits per heavy atom. The Morgan fingerprint density at radius 3 is 1.81 bits per heavy atom. The summed E-state index contributed by atoms with van der Waals surface area (Å²) in [4.78, 5) is 21.4. The van der Waals surface area contributed by atoms with Gasteiger partial charge in [0.25, 0.3) is 0 Å². The molecule has 0 bridgehead atoms. The summed E-state index contributed by atoms with van der Waals surface area (Å²) in [6, 6.07) is 0. The van der Waals surface area contributed by atoms with Crippen LogP contribution >= 0.6 is 0 Å². The Bertz CT molecular complexity index is 259. The van der Waals surface area contributed by atoms with Crippen molar-refractivity contribution in [1.29, 1.82) is 0 Å². The monoisotopic (exact) mass is 428 g/mol. The summed E-state index contributed by atoms with van der Waals surface area (Å²) in [5.74, 6) is -1.68. The van der Waals surface area contributed by atoms with Crippen LogP contribution in [0.5, 0.6) is 0 Å². The molecule has 0 radical (unpaired) electrons. The topological polar surface area (TPSA) is 74.6 Å². The van der Waals surface area contributed by atoms with Gasteiger partial charge in [-0.3, -0.25) is 9.59 Å². The van der Waals surface area contributed by atoms with Crippen LogP contribution in [0.1, 0.15) is 47.0 Å². The zero-order chi connectivity index (χ0) is 12.3. The van der Waals surface area contributed by atoms with Crippen LogP contribution in [0.2, 0.25) is 0 Å². The molecule has 0 aromatic carbocycles. The minimum atomic E-state index is -0.845. The van der Waals surface area contributed by atoms with Crippen molar-refractivity contribution in [2.24, 2.45) is 10.8 Å². The van der Waals surface area contributed by atoms with Crippen molar-refractivity contribution in [2.45, 2.75) is 47.0 Å². The molecule has 0 saturated carbocycles. The number of carbonyl (C=O) groups is 2. The molecular formula is C11H23BiO4. The van der Waals surface area contributed by atoms with Gasteiger partial charge < -0.3 is 10.2 Å². The average Bonchev–Trinajstić information content (AvgIpc) is 2.02. The first kappa shape index (κ1) is 18.2. The van der Waals surface area contributed by atoms with Crippen LogP contribution in [0, 0.1) is 10.8 Å². The maximum atomic E-state index is 11.0. The van der Waals surface area contributed by atoms with Crippen LogP contribution in [-0.4, -0.2) is 48.4 Å². The molecule has 0 aromatic rings. The van der Waals surface area contributed by atoms with E-state index in [1.807, 2.05) is 13.8 Å². The summed E-state index contributed by atoms with van der Waals surface area (Å²) in [6.45, 7) is 7.08. The number of rotatable bonds is 6. The fourth-order valence-electron chi connectivity index (χ4n) is 1.28. The molecule has 0 amide bonds. The zero-order valence-corrected chi connectivity index (χ0v) is 16.0. The van der Waals surface area contributed by atoms with Crippen LogP contribution in [0.15, 0.2) is 0 Å². The molecule has 0 unspecified atom stereocenters. The van der Waals surface area contributed by atoms with E-state index in [1.165, 1.54) is 0 Å². The summed E-state index contributed by atoms with van der Waals surface area (Å²) in [5.41, 5.74) is -1.25. The molecule has 4 nitrogen and oxygen atoms in total. The van der Waals surface area contributed by atoms with Crippen molar-refractivity contribution in [3.63, 3.8) is 0 Å². The van der Waals surface area contributed by atoms with Crippen LogP contribution in [0.3, 0.4) is 0 Å². The SMILES string of the molecule is CC(C)(CCCC(=O)O)C(C)(C)C(=O)O.[BiH3]. The molecule has 0 aromatic heterocycles. The molecule has 0 aliphatic rings. The number of hydrogen-bond donors (Lipinski definition) is 2. The standard InChI is InChI=1S/C11H20O4.Bi.3H/c1-10(2,7-5-6-8(12)13)11(3,4)9(14)15;;;;/h5-7H2,1-4H3,(H,12,13)(H,14,15);;;;. The summed E-state index contributed by atoms with van der Waals surface area (Å²) in [6.07, 6.45) is 1.21. The van der Waals surface area contributed by atoms with Gasteiger partial charge in [-0.25, -0.2) is 0 Å². The summed E-state index contributed by atoms with van der Waals surface area (Å²) >= 11 is 0. The summed E-state index contributed by atoms with van der Waals surface area (Å²) in [5, 5.41) is 17.6. The Hall–Kier alpha value is -0.177. The molecule has 0 saturated heterocycles. The molecule has 96 valence electrons. The number of hydrogen-bond acceptors (Lipinski definition) is 2. The van der Waals surface area contributed by atoms with Gasteiger partial charge in [0.1, 0.15) is 0 Å². The van der Waals surface area contributed by atoms with E-state index in [0.717, 1.165) is 0 Å². The molecular weight excluding hydrogens is 405 g/mol. The molecule has 0 aliphatic heterocycles. The van der Waals surface area contributed by atoms with Gasteiger partial charge in [0, 0.05) is 6.42 Å². The Labute approximate surface area is 116 Å². The van der Waals surface area contributed by atoms with Crippen LogP contribution in [0.4, 0.5) is 0 Å². The van der Waals surface area contributed by atoms with Crippen molar-refractivity contribution < 1.29 is 19.8 Å². The van der Waals surface area contributed by atoms with E-state index in [2.05, 4.69) is 0 Å². The normalized spacial score (nSPS) is 11.8. The van der Waals surface area contributed by atoms with E-state index in [-0.39, 0.29) is 32.6 Å². The second kappa shape index (κ2) is 6.53. The van der Waals surface area contributed by atoms with Gasteiger partial charge in [0.05, 0.1) is 5.41 Å². The number of carboxylic acid groups (broad SMARTS) is 2. The van der Waals surface area contributed by atoms with E-state index in [4.69, 9.17) is 10.2 Å². The average molecular weight is 428 g/mol. The molecule has 2 N–H and O–H groups in total. The zero-order valence-electron chi connectivity index (χ0n) is 10.5. The van der Waals surface area contributed by atoms with Gasteiger partial charge in [0.15, 0.2) is 0 Å². The van der Waals surface area contributed by atoms with Crippen molar-refractivity contribution in [1.82, 2.24) is 0 Å². The quantitative estimate of drug-likeness (QED) is 0.624. The second-order valence-electron chi connectivity index (χ2n) is 5.06. The van der Waals surface area contributed by atoms with Gasteiger partial charge >= 0.3 is 38.1 Å². The molecule has 0 atom stereocenters. The van der Waals surface area contributed by atoms with Gasteiger partial charge in [0.2, 0.25) is 0 Å². The predicted octanol–water partition coefficient (Wildman–Crippen LogP) is 1.19. The summed E-state index contributed by atoms with van der Waals surface area (Å²) in [7, 11) is 0. The molecule has 0 heterocycles. The number of carboxylic acids is 2. The number of aliphatic carboxylic acids is 2. The summed E-state index contributed by atoms with van der Waals surface area (Å²) < 4.78 is 0. The van der Waals surface area contributed by atoms with Crippen LogP contribution in [0.25, 0.3) is 0 Å². The molecule has 16 heavy (non-hydrogen) atoms. The molecule has 0 aliphatic carbocycles. The first-order valence-corrected chi connectivity index (χ1v) is 5.06. The van der Waals surface area contributed by atoms with Gasteiger partial charge in [-0.05, 0) is 32.1 Å². The predicted molar refractivity (Wildman–Crippen MR) is 66.6 cm³/mol. The Balaban J connectivity index is 0. The molecule has 0 spiro atoms. The third kappa shape index (κ3) is 4.77. The van der Waals surface area contributed by atoms with Crippen molar-refractivity contribution in [3.8, 4) is 0 Å². The van der Waals surface area contributed by atoms with Gasteiger partial charge in [-0.15, -0.1) is 0 Å². The Kier molecular flexibility index (Phi) is 7.43. The van der Waals surface area contributed by atoms with E-state index in [9.17, 15) is 9.59 Å². The van der Waals surface area contributed by atoms with Crippen LogP contribution < -0.4 is 0 Å². The molecule has 5 heteroatoms. The first-order valence-electron chi connectivity index (χ1n) is 5.06. The van der Waals surface area contributed by atoms with Crippen molar-refractivity contribution >= 4 is 38.1 Å². The van der Waals surface area contributed by atoms with Gasteiger partial charge in [-0.1, -0.05) is 13.8 Å². The van der Waals surface area contributed by atoms with E-state index < -0.39 is 22.8 Å². The fourth-order valence-corrected chi connectivity index (χ4v) is 1.28. The van der Waals surface area contributed by atoms with Gasteiger partial charge in [-0.2, -0.15) is 0 Å². The second-order valence-corrected chi connectivity index (χ2v) is 5.06. The fraction of sp³-hybridized carbons (Fsp3) is 0.818. The van der Waals surface area contributed by atoms with Crippen molar-refractivity contribution in [2.75, 3.05) is 0 Å². The first-order chi connectivity index (χ1) is 6.61. The van der Waals surface area contributed by atoms with E-state index in [1.54, 1.807) is 13.8 Å². The van der Waals surface area contributed by atoms with E-state index in [0.29, 0.717) is 12.8 Å². The van der Waals surface area contributed by atoms with Crippen LogP contribution in [-0.2, 0) is 9.59 Å². The van der Waals surface area contributed by atoms with E-state index >= 15 is 0 Å². The third-order valence-electron chi connectivity index (χ3n) is 3.42. The molecule has 0 rings (SSSR count). The maximum absolute atomic E-state index is 11.0.